The topological polar surface area (TPSA) is 107 Å². The molecule has 1 saturated carbocycles. The van der Waals surface area contributed by atoms with Crippen molar-refractivity contribution in [3.8, 4) is 6.07 Å². The van der Waals surface area contributed by atoms with Gasteiger partial charge in [-0.2, -0.15) is 18.4 Å². The molecule has 31 heavy (non-hydrogen) atoms. The largest absolute Gasteiger partial charge is 0.419 e. The predicted molar refractivity (Wildman–Crippen MR) is 103 cm³/mol. The zero-order valence-electron chi connectivity index (χ0n) is 16.2. The van der Waals surface area contributed by atoms with E-state index in [-0.39, 0.29) is 16.9 Å². The van der Waals surface area contributed by atoms with Crippen LogP contribution in [0, 0.1) is 17.1 Å². The number of aromatic nitrogens is 1. The average molecular weight is 435 g/mol. The Morgan fingerprint density at radius 1 is 1.19 bits per heavy atom. The Balaban J connectivity index is 1.82. The van der Waals surface area contributed by atoms with Crippen molar-refractivity contribution in [1.82, 2.24) is 10.3 Å². The molecule has 11 heteroatoms. The minimum absolute atomic E-state index is 0.163. The summed E-state index contributed by atoms with van der Waals surface area (Å²) in [5, 5.41) is 16.4. The van der Waals surface area contributed by atoms with Gasteiger partial charge in [-0.25, -0.2) is 9.37 Å². The van der Waals surface area contributed by atoms with Crippen molar-refractivity contribution in [3.63, 3.8) is 0 Å². The quantitative estimate of drug-likeness (QED) is 0.624. The van der Waals surface area contributed by atoms with Crippen molar-refractivity contribution in [2.45, 2.75) is 31.0 Å². The third-order valence-electron chi connectivity index (χ3n) is 5.02. The van der Waals surface area contributed by atoms with E-state index in [1.807, 2.05) is 0 Å². The maximum absolute atomic E-state index is 14.2. The van der Waals surface area contributed by atoms with Crippen molar-refractivity contribution < 1.29 is 27.2 Å². The van der Waals surface area contributed by atoms with E-state index in [0.29, 0.717) is 25.3 Å². The summed E-state index contributed by atoms with van der Waals surface area (Å²) in [5.41, 5.74) is -3.35. The Bertz CT molecular complexity index is 1070. The molecule has 1 aliphatic carbocycles. The summed E-state index contributed by atoms with van der Waals surface area (Å²) < 4.78 is 53.6. The number of hydrogen-bond acceptors (Lipinski definition) is 5. The van der Waals surface area contributed by atoms with Gasteiger partial charge in [0.1, 0.15) is 17.4 Å². The van der Waals surface area contributed by atoms with Gasteiger partial charge in [0.15, 0.2) is 5.69 Å². The van der Waals surface area contributed by atoms with E-state index in [1.165, 1.54) is 25.2 Å². The molecule has 0 radical (unpaired) electrons. The molecule has 1 fully saturated rings. The lowest BCUT2D eigenvalue weighted by atomic mass is 9.75. The number of rotatable bonds is 5. The second-order valence-corrected chi connectivity index (χ2v) is 7.02. The second-order valence-electron chi connectivity index (χ2n) is 7.02. The number of benzene rings is 1. The fraction of sp³-hybridized carbons (Fsp3) is 0.300. The summed E-state index contributed by atoms with van der Waals surface area (Å²) in [6.07, 6.45) is -2.43. The highest BCUT2D eigenvalue weighted by molar-refractivity contribution is 6.01. The van der Waals surface area contributed by atoms with Crippen LogP contribution in [0.2, 0.25) is 0 Å². The Labute approximate surface area is 174 Å². The van der Waals surface area contributed by atoms with E-state index in [2.05, 4.69) is 20.9 Å². The lowest BCUT2D eigenvalue weighted by molar-refractivity contribution is -0.138. The zero-order chi connectivity index (χ0) is 22.8. The summed E-state index contributed by atoms with van der Waals surface area (Å²) in [5.74, 6) is -2.01. The van der Waals surface area contributed by atoms with Crippen molar-refractivity contribution in [3.05, 3.63) is 53.1 Å². The molecule has 7 nitrogen and oxygen atoms in total. The van der Waals surface area contributed by atoms with Gasteiger partial charge < -0.3 is 16.0 Å². The van der Waals surface area contributed by atoms with E-state index >= 15 is 0 Å². The molecule has 3 rings (SSSR count). The third kappa shape index (κ3) is 4.42. The first kappa shape index (κ1) is 22.0. The molecule has 1 aliphatic rings. The molecule has 1 heterocycles. The Kier molecular flexibility index (Phi) is 5.83. The van der Waals surface area contributed by atoms with Crippen LogP contribution in [0.15, 0.2) is 30.5 Å². The number of amides is 2. The number of carbonyl (C=O) groups excluding carboxylic acids is 2. The second kappa shape index (κ2) is 8.22. The van der Waals surface area contributed by atoms with Crippen molar-refractivity contribution in [2.75, 3.05) is 17.7 Å². The van der Waals surface area contributed by atoms with Gasteiger partial charge in [-0.15, -0.1) is 0 Å². The SMILES string of the molecule is CNC(=O)c1ccc(NC2(C(=O)Nc3cnc(C#N)c(C(F)(F)F)c3)CCC2)cc1F. The van der Waals surface area contributed by atoms with Gasteiger partial charge in [-0.05, 0) is 43.5 Å². The predicted octanol–water partition coefficient (Wildman–Crippen LogP) is 3.44. The highest BCUT2D eigenvalue weighted by Gasteiger charge is 2.44. The Morgan fingerprint density at radius 2 is 1.90 bits per heavy atom. The number of hydrogen-bond donors (Lipinski definition) is 3. The van der Waals surface area contributed by atoms with Crippen LogP contribution < -0.4 is 16.0 Å². The first-order valence-corrected chi connectivity index (χ1v) is 9.18. The number of carbonyl (C=O) groups is 2. The first-order valence-electron chi connectivity index (χ1n) is 9.18. The summed E-state index contributed by atoms with van der Waals surface area (Å²) >= 11 is 0. The lowest BCUT2D eigenvalue weighted by Gasteiger charge is -2.41. The molecule has 0 spiro atoms. The van der Waals surface area contributed by atoms with Crippen molar-refractivity contribution in [1.29, 1.82) is 5.26 Å². The standard InChI is InChI=1S/C20H17F4N5O2/c1-26-17(30)13-4-3-11(8-15(13)21)29-19(5-2-6-19)18(31)28-12-7-14(20(22,23)24)16(9-25)27-10-12/h3-4,7-8,10,29H,2,5-6H2,1H3,(H,26,30)(H,28,31). The van der Waals surface area contributed by atoms with Crippen molar-refractivity contribution >= 4 is 23.2 Å². The van der Waals surface area contributed by atoms with Gasteiger partial charge in [-0.1, -0.05) is 0 Å². The highest BCUT2D eigenvalue weighted by atomic mass is 19.4. The molecule has 1 aromatic carbocycles. The van der Waals surface area contributed by atoms with Crippen LogP contribution in [0.25, 0.3) is 0 Å². The maximum atomic E-state index is 14.2. The summed E-state index contributed by atoms with van der Waals surface area (Å²) in [6.45, 7) is 0. The molecule has 2 amide bonds. The summed E-state index contributed by atoms with van der Waals surface area (Å²) in [6, 6.07) is 5.79. The number of alkyl halides is 3. The fourth-order valence-corrected chi connectivity index (χ4v) is 3.22. The molecule has 3 N–H and O–H groups in total. The summed E-state index contributed by atoms with van der Waals surface area (Å²) in [7, 11) is 1.36. The van der Waals surface area contributed by atoms with Crippen LogP contribution in [-0.4, -0.2) is 29.4 Å². The van der Waals surface area contributed by atoms with Crippen LogP contribution in [0.4, 0.5) is 28.9 Å². The molecule has 1 aromatic heterocycles. The molecule has 162 valence electrons. The molecular weight excluding hydrogens is 418 g/mol. The molecule has 0 aliphatic heterocycles. The number of halogens is 4. The number of anilines is 2. The Hall–Kier alpha value is -3.68. The molecule has 0 unspecified atom stereocenters. The average Bonchev–Trinajstić information content (AvgIpc) is 2.69. The zero-order valence-corrected chi connectivity index (χ0v) is 16.2. The van der Waals surface area contributed by atoms with Crippen LogP contribution in [-0.2, 0) is 11.0 Å². The maximum Gasteiger partial charge on any atom is 0.419 e. The van der Waals surface area contributed by atoms with E-state index in [9.17, 15) is 27.2 Å². The lowest BCUT2D eigenvalue weighted by Crippen LogP contribution is -2.54. The third-order valence-corrected chi connectivity index (χ3v) is 5.02. The molecular formula is C20H17F4N5O2. The molecule has 0 saturated heterocycles. The minimum Gasteiger partial charge on any atom is -0.371 e. The van der Waals surface area contributed by atoms with Crippen molar-refractivity contribution in [2.24, 2.45) is 0 Å². The van der Waals surface area contributed by atoms with Gasteiger partial charge in [-0.3, -0.25) is 9.59 Å². The first-order chi connectivity index (χ1) is 14.6. The van der Waals surface area contributed by atoms with Gasteiger partial charge in [0.2, 0.25) is 5.91 Å². The number of nitrogens with zero attached hydrogens (tertiary/aromatic N) is 2. The van der Waals surface area contributed by atoms with E-state index < -0.39 is 40.6 Å². The minimum atomic E-state index is -4.81. The van der Waals surface area contributed by atoms with E-state index in [0.717, 1.165) is 12.3 Å². The molecule has 0 bridgehead atoms. The van der Waals surface area contributed by atoms with Gasteiger partial charge in [0, 0.05) is 12.7 Å². The van der Waals surface area contributed by atoms with E-state index in [4.69, 9.17) is 5.26 Å². The van der Waals surface area contributed by atoms with Crippen LogP contribution in [0.3, 0.4) is 0 Å². The number of nitriles is 1. The van der Waals surface area contributed by atoms with Gasteiger partial charge in [0.25, 0.3) is 5.91 Å². The summed E-state index contributed by atoms with van der Waals surface area (Å²) in [4.78, 5) is 27.9. The van der Waals surface area contributed by atoms with E-state index in [1.54, 1.807) is 0 Å². The van der Waals surface area contributed by atoms with Gasteiger partial charge in [0.05, 0.1) is 23.0 Å². The molecule has 0 atom stereocenters. The number of nitrogens with one attached hydrogen (secondary N) is 3. The highest BCUT2D eigenvalue weighted by Crippen LogP contribution is 2.38. The normalized spacial score (nSPS) is 14.7. The fourth-order valence-electron chi connectivity index (χ4n) is 3.22. The monoisotopic (exact) mass is 435 g/mol. The van der Waals surface area contributed by atoms with Crippen LogP contribution in [0.5, 0.6) is 0 Å². The smallest absolute Gasteiger partial charge is 0.371 e. The number of pyridine rings is 1. The van der Waals surface area contributed by atoms with Gasteiger partial charge >= 0.3 is 6.18 Å². The van der Waals surface area contributed by atoms with Crippen LogP contribution >= 0.6 is 0 Å². The van der Waals surface area contributed by atoms with Crippen LogP contribution in [0.1, 0.15) is 40.9 Å². The Morgan fingerprint density at radius 3 is 2.42 bits per heavy atom. The molecule has 2 aromatic rings.